The summed E-state index contributed by atoms with van der Waals surface area (Å²) in [5.41, 5.74) is 13.0. The number of halogens is 1. The first-order chi connectivity index (χ1) is 12.5. The smallest absolute Gasteiger partial charge is 0.108 e. The molecule has 144 valence electrons. The largest absolute Gasteiger partial charge is 0.387 e. The van der Waals surface area contributed by atoms with Gasteiger partial charge in [0.2, 0.25) is 0 Å². The molecular weight excluding hydrogens is 354 g/mol. The SMILES string of the molecule is CCCc1cccc2c1[C@@H]1N(C)c3ccccc3C(C)C[C@]1(C)C(N)=N2.Cl. The van der Waals surface area contributed by atoms with Crippen LogP contribution in [-0.4, -0.2) is 12.9 Å². The molecule has 3 atom stereocenters. The van der Waals surface area contributed by atoms with E-state index in [2.05, 4.69) is 75.2 Å². The molecular formula is C23H30ClN3. The second-order valence-corrected chi connectivity index (χ2v) is 8.19. The number of fused-ring (bicyclic) bond motifs is 4. The van der Waals surface area contributed by atoms with Gasteiger partial charge < -0.3 is 10.6 Å². The summed E-state index contributed by atoms with van der Waals surface area (Å²) < 4.78 is 0. The Labute approximate surface area is 169 Å². The fourth-order valence-electron chi connectivity index (χ4n) is 5.16. The summed E-state index contributed by atoms with van der Waals surface area (Å²) in [6.07, 6.45) is 3.22. The molecule has 0 radical (unpaired) electrons. The number of aliphatic imine (C=N–C) groups is 1. The van der Waals surface area contributed by atoms with Crippen molar-refractivity contribution in [3.05, 3.63) is 59.2 Å². The first kappa shape index (κ1) is 19.8. The predicted molar refractivity (Wildman–Crippen MR) is 118 cm³/mol. The third-order valence-electron chi connectivity index (χ3n) is 6.36. The maximum absolute atomic E-state index is 6.61. The van der Waals surface area contributed by atoms with Crippen LogP contribution in [0, 0.1) is 5.41 Å². The summed E-state index contributed by atoms with van der Waals surface area (Å²) in [4.78, 5) is 7.34. The molecule has 2 aromatic carbocycles. The monoisotopic (exact) mass is 383 g/mol. The molecule has 0 bridgehead atoms. The van der Waals surface area contributed by atoms with E-state index < -0.39 is 0 Å². The lowest BCUT2D eigenvalue weighted by Crippen LogP contribution is -2.48. The lowest BCUT2D eigenvalue weighted by Gasteiger charge is -2.46. The number of aryl methyl sites for hydroxylation is 1. The zero-order valence-corrected chi connectivity index (χ0v) is 17.5. The molecule has 0 saturated carbocycles. The van der Waals surface area contributed by atoms with Crippen LogP contribution >= 0.6 is 12.4 Å². The minimum atomic E-state index is -0.177. The molecule has 4 heteroatoms. The summed E-state index contributed by atoms with van der Waals surface area (Å²) in [5.74, 6) is 1.22. The van der Waals surface area contributed by atoms with Crippen LogP contribution in [0.25, 0.3) is 0 Å². The maximum Gasteiger partial charge on any atom is 0.108 e. The van der Waals surface area contributed by atoms with E-state index in [1.165, 1.54) is 22.4 Å². The number of nitrogens with zero attached hydrogens (tertiary/aromatic N) is 2. The molecule has 27 heavy (non-hydrogen) atoms. The fourth-order valence-corrected chi connectivity index (χ4v) is 5.16. The van der Waals surface area contributed by atoms with Crippen LogP contribution in [0.3, 0.4) is 0 Å². The first-order valence-electron chi connectivity index (χ1n) is 9.75. The van der Waals surface area contributed by atoms with E-state index in [0.29, 0.717) is 5.92 Å². The minimum absolute atomic E-state index is 0. The fraction of sp³-hybridized carbons (Fsp3) is 0.435. The van der Waals surface area contributed by atoms with Crippen molar-refractivity contribution < 1.29 is 0 Å². The zero-order chi connectivity index (χ0) is 18.5. The third-order valence-corrected chi connectivity index (χ3v) is 6.36. The Morgan fingerprint density at radius 2 is 1.93 bits per heavy atom. The van der Waals surface area contributed by atoms with E-state index in [0.717, 1.165) is 30.8 Å². The second-order valence-electron chi connectivity index (χ2n) is 8.19. The third kappa shape index (κ3) is 2.93. The summed E-state index contributed by atoms with van der Waals surface area (Å²) in [5, 5.41) is 0. The van der Waals surface area contributed by atoms with Gasteiger partial charge in [-0.25, -0.2) is 4.99 Å². The van der Waals surface area contributed by atoms with Gasteiger partial charge in [0.15, 0.2) is 0 Å². The molecule has 0 aromatic heterocycles. The average Bonchev–Trinajstić information content (AvgIpc) is 2.71. The van der Waals surface area contributed by atoms with Crippen molar-refractivity contribution in [2.45, 2.75) is 52.0 Å². The molecule has 2 aromatic rings. The van der Waals surface area contributed by atoms with E-state index in [-0.39, 0.29) is 23.9 Å². The quantitative estimate of drug-likeness (QED) is 0.716. The van der Waals surface area contributed by atoms with Crippen LogP contribution in [0.4, 0.5) is 11.4 Å². The molecule has 0 fully saturated rings. The lowest BCUT2D eigenvalue weighted by atomic mass is 9.69. The van der Waals surface area contributed by atoms with Crippen molar-refractivity contribution in [1.82, 2.24) is 0 Å². The van der Waals surface area contributed by atoms with Gasteiger partial charge in [0, 0.05) is 18.3 Å². The van der Waals surface area contributed by atoms with Crippen molar-refractivity contribution in [2.24, 2.45) is 16.1 Å². The van der Waals surface area contributed by atoms with Gasteiger partial charge in [-0.05, 0) is 42.0 Å². The van der Waals surface area contributed by atoms with Crippen LogP contribution in [-0.2, 0) is 6.42 Å². The molecule has 2 aliphatic rings. The van der Waals surface area contributed by atoms with Gasteiger partial charge in [0.05, 0.1) is 17.1 Å². The molecule has 0 amide bonds. The van der Waals surface area contributed by atoms with Crippen LogP contribution in [0.2, 0.25) is 0 Å². The summed E-state index contributed by atoms with van der Waals surface area (Å²) in [6.45, 7) is 6.87. The van der Waals surface area contributed by atoms with Crippen molar-refractivity contribution in [3.63, 3.8) is 0 Å². The van der Waals surface area contributed by atoms with Gasteiger partial charge in [0.25, 0.3) is 0 Å². The van der Waals surface area contributed by atoms with Gasteiger partial charge in [-0.2, -0.15) is 0 Å². The molecule has 1 unspecified atom stereocenters. The highest BCUT2D eigenvalue weighted by Crippen LogP contribution is 2.55. The van der Waals surface area contributed by atoms with Crippen molar-refractivity contribution >= 4 is 29.6 Å². The standard InChI is InChI=1S/C23H29N3.ClH/c1-5-9-16-10-8-12-18-20(16)21-23(3,22(24)25-18)14-15(2)17-11-6-7-13-19(17)26(21)4;/h6-8,10-13,15,21H,5,9,14H2,1-4H3,(H2,24,25);1H/t15?,21-,23-;/m0./s1. The van der Waals surface area contributed by atoms with E-state index in [1.807, 2.05) is 0 Å². The van der Waals surface area contributed by atoms with Gasteiger partial charge in [-0.1, -0.05) is 57.5 Å². The predicted octanol–water partition coefficient (Wildman–Crippen LogP) is 5.75. The summed E-state index contributed by atoms with van der Waals surface area (Å²) in [7, 11) is 2.23. The number of hydrogen-bond acceptors (Lipinski definition) is 3. The van der Waals surface area contributed by atoms with Crippen LogP contribution in [0.1, 0.15) is 62.3 Å². The van der Waals surface area contributed by atoms with Gasteiger partial charge in [0.1, 0.15) is 5.84 Å². The van der Waals surface area contributed by atoms with E-state index in [1.54, 1.807) is 0 Å². The molecule has 0 saturated heterocycles. The Morgan fingerprint density at radius 3 is 2.67 bits per heavy atom. The Morgan fingerprint density at radius 1 is 1.19 bits per heavy atom. The minimum Gasteiger partial charge on any atom is -0.387 e. The van der Waals surface area contributed by atoms with Crippen molar-refractivity contribution in [3.8, 4) is 0 Å². The topological polar surface area (TPSA) is 41.6 Å². The molecule has 0 aliphatic carbocycles. The molecule has 4 rings (SSSR count). The van der Waals surface area contributed by atoms with Crippen molar-refractivity contribution in [1.29, 1.82) is 0 Å². The van der Waals surface area contributed by atoms with E-state index in [4.69, 9.17) is 10.7 Å². The number of hydrogen-bond donors (Lipinski definition) is 1. The van der Waals surface area contributed by atoms with E-state index >= 15 is 0 Å². The Kier molecular flexibility index (Phi) is 5.27. The number of anilines is 1. The highest BCUT2D eigenvalue weighted by molar-refractivity contribution is 5.93. The number of amidine groups is 1. The average molecular weight is 384 g/mol. The number of benzene rings is 2. The van der Waals surface area contributed by atoms with Crippen LogP contribution in [0.5, 0.6) is 0 Å². The van der Waals surface area contributed by atoms with E-state index in [9.17, 15) is 0 Å². The van der Waals surface area contributed by atoms with Crippen LogP contribution in [0.15, 0.2) is 47.5 Å². The Hall–Kier alpha value is -2.00. The maximum atomic E-state index is 6.61. The van der Waals surface area contributed by atoms with Gasteiger partial charge >= 0.3 is 0 Å². The Balaban J connectivity index is 0.00000210. The van der Waals surface area contributed by atoms with Crippen LogP contribution < -0.4 is 10.6 Å². The number of nitrogens with two attached hydrogens (primary N) is 1. The molecule has 2 N–H and O–H groups in total. The van der Waals surface area contributed by atoms with Crippen molar-refractivity contribution in [2.75, 3.05) is 11.9 Å². The summed E-state index contributed by atoms with van der Waals surface area (Å²) >= 11 is 0. The summed E-state index contributed by atoms with van der Waals surface area (Å²) in [6, 6.07) is 15.5. The molecule has 2 aliphatic heterocycles. The highest BCUT2D eigenvalue weighted by Gasteiger charge is 2.48. The number of para-hydroxylation sites is 1. The normalized spacial score (nSPS) is 26.1. The molecule has 0 spiro atoms. The Bertz CT molecular complexity index is 876. The highest BCUT2D eigenvalue weighted by atomic mass is 35.5. The molecule has 2 heterocycles. The number of rotatable bonds is 2. The zero-order valence-electron chi connectivity index (χ0n) is 16.7. The van der Waals surface area contributed by atoms with Gasteiger partial charge in [-0.15, -0.1) is 12.4 Å². The molecule has 3 nitrogen and oxygen atoms in total. The van der Waals surface area contributed by atoms with Gasteiger partial charge in [-0.3, -0.25) is 0 Å². The first-order valence-corrected chi connectivity index (χ1v) is 9.75. The second kappa shape index (κ2) is 7.20. The lowest BCUT2D eigenvalue weighted by molar-refractivity contribution is 0.318.